The van der Waals surface area contributed by atoms with E-state index in [1.165, 1.54) is 12.8 Å². The summed E-state index contributed by atoms with van der Waals surface area (Å²) in [7, 11) is 0. The zero-order chi connectivity index (χ0) is 18.4. The van der Waals surface area contributed by atoms with E-state index in [-0.39, 0.29) is 5.91 Å². The predicted molar refractivity (Wildman–Crippen MR) is 101 cm³/mol. The van der Waals surface area contributed by atoms with Crippen LogP contribution < -0.4 is 14.8 Å². The highest BCUT2D eigenvalue weighted by Crippen LogP contribution is 2.42. The molecule has 1 aliphatic heterocycles. The van der Waals surface area contributed by atoms with Gasteiger partial charge in [0, 0.05) is 13.0 Å². The van der Waals surface area contributed by atoms with Gasteiger partial charge < -0.3 is 19.9 Å². The minimum atomic E-state index is -0.494. The van der Waals surface area contributed by atoms with Crippen molar-refractivity contribution in [2.75, 3.05) is 19.8 Å². The van der Waals surface area contributed by atoms with Crippen molar-refractivity contribution in [3.8, 4) is 11.5 Å². The van der Waals surface area contributed by atoms with Gasteiger partial charge >= 0.3 is 0 Å². The minimum absolute atomic E-state index is 0.108. The molecule has 0 aromatic heterocycles. The predicted octanol–water partition coefficient (Wildman–Crippen LogP) is 3.23. The summed E-state index contributed by atoms with van der Waals surface area (Å²) in [6.45, 7) is 3.77. The van der Waals surface area contributed by atoms with E-state index in [2.05, 4.69) is 5.32 Å². The van der Waals surface area contributed by atoms with E-state index in [0.29, 0.717) is 32.1 Å². The molecule has 1 amide bonds. The van der Waals surface area contributed by atoms with Crippen molar-refractivity contribution < 1.29 is 19.4 Å². The molecule has 1 unspecified atom stereocenters. The summed E-state index contributed by atoms with van der Waals surface area (Å²) in [5.41, 5.74) is 0.642. The molecule has 2 N–H and O–H groups in total. The molecule has 0 spiro atoms. The zero-order valence-electron chi connectivity index (χ0n) is 15.8. The molecule has 2 aliphatic rings. The first kappa shape index (κ1) is 19.0. The maximum atomic E-state index is 11.9. The zero-order valence-corrected chi connectivity index (χ0v) is 15.8. The van der Waals surface area contributed by atoms with Crippen molar-refractivity contribution in [3.05, 3.63) is 23.8 Å². The SMILES string of the molecule is CC(O)(CCCCCC(=O)NCCc1ccc2c(c1)OCCO2)C1CC1. The number of unbranched alkanes of at least 4 members (excludes halogenated alkanes) is 2. The Kier molecular flexibility index (Phi) is 6.41. The van der Waals surface area contributed by atoms with Crippen molar-refractivity contribution in [2.45, 2.75) is 63.9 Å². The molecule has 1 heterocycles. The fourth-order valence-electron chi connectivity index (χ4n) is 3.53. The fraction of sp³-hybridized carbons (Fsp3) is 0.667. The highest BCUT2D eigenvalue weighted by atomic mass is 16.6. The average molecular weight is 361 g/mol. The maximum absolute atomic E-state index is 11.9. The maximum Gasteiger partial charge on any atom is 0.220 e. The van der Waals surface area contributed by atoms with Gasteiger partial charge in [0.1, 0.15) is 13.2 Å². The third-order valence-corrected chi connectivity index (χ3v) is 5.39. The summed E-state index contributed by atoms with van der Waals surface area (Å²) in [5, 5.41) is 13.3. The molecule has 0 bridgehead atoms. The number of rotatable bonds is 10. The molecule has 26 heavy (non-hydrogen) atoms. The van der Waals surface area contributed by atoms with Gasteiger partial charge in [-0.3, -0.25) is 4.79 Å². The molecule has 1 aromatic carbocycles. The molecule has 3 rings (SSSR count). The van der Waals surface area contributed by atoms with Crippen molar-refractivity contribution in [3.63, 3.8) is 0 Å². The number of carbonyl (C=O) groups excluding carboxylic acids is 1. The molecule has 1 atom stereocenters. The number of amides is 1. The third-order valence-electron chi connectivity index (χ3n) is 5.39. The Morgan fingerprint density at radius 1 is 1.19 bits per heavy atom. The Morgan fingerprint density at radius 2 is 1.96 bits per heavy atom. The average Bonchev–Trinajstić information content (AvgIpc) is 3.47. The summed E-state index contributed by atoms with van der Waals surface area (Å²) < 4.78 is 11.1. The topological polar surface area (TPSA) is 67.8 Å². The van der Waals surface area contributed by atoms with E-state index in [1.807, 2.05) is 25.1 Å². The van der Waals surface area contributed by atoms with Gasteiger partial charge in [-0.15, -0.1) is 0 Å². The van der Waals surface area contributed by atoms with Crippen LogP contribution in [0.15, 0.2) is 18.2 Å². The van der Waals surface area contributed by atoms with Gasteiger partial charge in [-0.1, -0.05) is 18.9 Å². The van der Waals surface area contributed by atoms with Crippen LogP contribution in [0.2, 0.25) is 0 Å². The molecule has 5 heteroatoms. The number of hydrogen-bond acceptors (Lipinski definition) is 4. The van der Waals surface area contributed by atoms with Gasteiger partial charge in [0.05, 0.1) is 5.60 Å². The number of fused-ring (bicyclic) bond motifs is 1. The van der Waals surface area contributed by atoms with Crippen LogP contribution in [0.1, 0.15) is 57.4 Å². The van der Waals surface area contributed by atoms with E-state index in [0.717, 1.165) is 49.2 Å². The molecule has 1 saturated carbocycles. The van der Waals surface area contributed by atoms with Crippen LogP contribution in [0.25, 0.3) is 0 Å². The lowest BCUT2D eigenvalue weighted by atomic mass is 9.93. The van der Waals surface area contributed by atoms with Crippen LogP contribution in [-0.2, 0) is 11.2 Å². The summed E-state index contributed by atoms with van der Waals surface area (Å²) in [4.78, 5) is 11.9. The Morgan fingerprint density at radius 3 is 2.73 bits per heavy atom. The van der Waals surface area contributed by atoms with Gasteiger partial charge in [0.15, 0.2) is 11.5 Å². The van der Waals surface area contributed by atoms with E-state index in [9.17, 15) is 9.90 Å². The second-order valence-electron chi connectivity index (χ2n) is 7.77. The summed E-state index contributed by atoms with van der Waals surface area (Å²) in [5.74, 6) is 2.20. The van der Waals surface area contributed by atoms with Gasteiger partial charge in [0.25, 0.3) is 0 Å². The minimum Gasteiger partial charge on any atom is -0.486 e. The van der Waals surface area contributed by atoms with Crippen molar-refractivity contribution in [1.82, 2.24) is 5.32 Å². The van der Waals surface area contributed by atoms with Gasteiger partial charge in [-0.2, -0.15) is 0 Å². The van der Waals surface area contributed by atoms with E-state index >= 15 is 0 Å². The number of aliphatic hydroxyl groups is 1. The van der Waals surface area contributed by atoms with E-state index < -0.39 is 5.60 Å². The largest absolute Gasteiger partial charge is 0.486 e. The lowest BCUT2D eigenvalue weighted by Gasteiger charge is -2.22. The molecule has 5 nitrogen and oxygen atoms in total. The first-order valence-corrected chi connectivity index (χ1v) is 9.92. The fourth-order valence-corrected chi connectivity index (χ4v) is 3.53. The number of ether oxygens (including phenoxy) is 2. The number of carbonyl (C=O) groups is 1. The highest BCUT2D eigenvalue weighted by Gasteiger charge is 2.39. The van der Waals surface area contributed by atoms with Crippen LogP contribution in [-0.4, -0.2) is 36.4 Å². The first-order valence-electron chi connectivity index (χ1n) is 9.92. The molecule has 0 saturated heterocycles. The van der Waals surface area contributed by atoms with Crippen molar-refractivity contribution in [1.29, 1.82) is 0 Å². The van der Waals surface area contributed by atoms with Crippen LogP contribution in [0.3, 0.4) is 0 Å². The smallest absolute Gasteiger partial charge is 0.220 e. The lowest BCUT2D eigenvalue weighted by molar-refractivity contribution is -0.121. The Hall–Kier alpha value is -1.75. The standard InChI is InChI=1S/C21H31NO4/c1-21(24,17-7-8-17)11-4-2-3-5-20(23)22-12-10-16-6-9-18-19(15-16)26-14-13-25-18/h6,9,15,17,24H,2-5,7-8,10-14H2,1H3,(H,22,23). The normalized spacial score (nSPS) is 18.2. The Balaban J connectivity index is 1.26. The number of benzene rings is 1. The third kappa shape index (κ3) is 5.63. The van der Waals surface area contributed by atoms with Crippen LogP contribution in [0.5, 0.6) is 11.5 Å². The van der Waals surface area contributed by atoms with Crippen LogP contribution >= 0.6 is 0 Å². The molecule has 1 aliphatic carbocycles. The van der Waals surface area contributed by atoms with Crippen molar-refractivity contribution in [2.24, 2.45) is 5.92 Å². The van der Waals surface area contributed by atoms with Crippen LogP contribution in [0, 0.1) is 5.92 Å². The number of nitrogens with one attached hydrogen (secondary N) is 1. The van der Waals surface area contributed by atoms with Crippen molar-refractivity contribution >= 4 is 5.91 Å². The van der Waals surface area contributed by atoms with Gasteiger partial charge in [-0.05, 0) is 62.6 Å². The Labute approximate surface area is 156 Å². The summed E-state index contributed by atoms with van der Waals surface area (Å²) >= 11 is 0. The van der Waals surface area contributed by atoms with Crippen LogP contribution in [0.4, 0.5) is 0 Å². The molecular weight excluding hydrogens is 330 g/mol. The molecule has 1 aromatic rings. The van der Waals surface area contributed by atoms with Gasteiger partial charge in [-0.25, -0.2) is 0 Å². The lowest BCUT2D eigenvalue weighted by Crippen LogP contribution is -2.27. The Bertz CT molecular complexity index is 610. The molecule has 144 valence electrons. The van der Waals surface area contributed by atoms with E-state index in [4.69, 9.17) is 9.47 Å². The molecular formula is C21H31NO4. The molecule has 1 fully saturated rings. The second kappa shape index (κ2) is 8.76. The molecule has 0 radical (unpaired) electrons. The highest BCUT2D eigenvalue weighted by molar-refractivity contribution is 5.75. The summed E-state index contributed by atoms with van der Waals surface area (Å²) in [6.07, 6.45) is 7.41. The first-order chi connectivity index (χ1) is 12.5. The van der Waals surface area contributed by atoms with Gasteiger partial charge in [0.2, 0.25) is 5.91 Å². The quantitative estimate of drug-likeness (QED) is 0.628. The van der Waals surface area contributed by atoms with E-state index in [1.54, 1.807) is 0 Å². The second-order valence-corrected chi connectivity index (χ2v) is 7.77. The monoisotopic (exact) mass is 361 g/mol. The summed E-state index contributed by atoms with van der Waals surface area (Å²) in [6, 6.07) is 5.94. The number of hydrogen-bond donors (Lipinski definition) is 2.